The van der Waals surface area contributed by atoms with Crippen molar-refractivity contribution in [1.82, 2.24) is 9.80 Å². The molecule has 140 valence electrons. The average Bonchev–Trinajstić information content (AvgIpc) is 3.13. The summed E-state index contributed by atoms with van der Waals surface area (Å²) in [6.45, 7) is 3.58. The molecule has 2 fully saturated rings. The third-order valence-electron chi connectivity index (χ3n) is 5.25. The standard InChI is InChI=1S/C18H23Cl2N5O/c19-14-6-5-13(10-15(14)20)11-18(26)25-9-3-4-16(22-23-21)17(25)12-24-7-1-2-8-24/h5-6,10,16-17H,1-4,7-9,11-12H2. The Kier molecular flexibility index (Phi) is 6.65. The lowest BCUT2D eigenvalue weighted by atomic mass is 9.95. The number of carbonyl (C=O) groups excluding carboxylic acids is 1. The summed E-state index contributed by atoms with van der Waals surface area (Å²) >= 11 is 12.0. The van der Waals surface area contributed by atoms with Crippen molar-refractivity contribution in [3.05, 3.63) is 44.3 Å². The van der Waals surface area contributed by atoms with E-state index in [9.17, 15) is 4.79 Å². The average molecular weight is 396 g/mol. The van der Waals surface area contributed by atoms with Crippen LogP contribution in [0, 0.1) is 0 Å². The summed E-state index contributed by atoms with van der Waals surface area (Å²) in [6.07, 6.45) is 4.34. The van der Waals surface area contributed by atoms with E-state index in [1.165, 1.54) is 12.8 Å². The van der Waals surface area contributed by atoms with Crippen molar-refractivity contribution in [3.8, 4) is 0 Å². The zero-order valence-corrected chi connectivity index (χ0v) is 16.2. The summed E-state index contributed by atoms with van der Waals surface area (Å²) in [4.78, 5) is 20.3. The molecule has 0 bridgehead atoms. The third kappa shape index (κ3) is 4.63. The number of azide groups is 1. The summed E-state index contributed by atoms with van der Waals surface area (Å²) in [6, 6.07) is 5.07. The molecule has 1 aromatic carbocycles. The van der Waals surface area contributed by atoms with Gasteiger partial charge >= 0.3 is 0 Å². The highest BCUT2D eigenvalue weighted by molar-refractivity contribution is 6.42. The lowest BCUT2D eigenvalue weighted by molar-refractivity contribution is -0.135. The normalized spacial score (nSPS) is 23.7. The topological polar surface area (TPSA) is 72.3 Å². The first-order chi connectivity index (χ1) is 12.6. The maximum absolute atomic E-state index is 13.0. The zero-order chi connectivity index (χ0) is 18.5. The predicted octanol–water partition coefficient (Wildman–Crippen LogP) is 4.30. The molecule has 0 saturated carbocycles. The Morgan fingerprint density at radius 3 is 2.65 bits per heavy atom. The minimum atomic E-state index is -0.160. The van der Waals surface area contributed by atoms with Crippen LogP contribution in [0.25, 0.3) is 10.4 Å². The van der Waals surface area contributed by atoms with Crippen molar-refractivity contribution in [3.63, 3.8) is 0 Å². The molecule has 1 amide bonds. The lowest BCUT2D eigenvalue weighted by Crippen LogP contribution is -2.55. The van der Waals surface area contributed by atoms with Crippen molar-refractivity contribution in [1.29, 1.82) is 0 Å². The number of piperidine rings is 1. The van der Waals surface area contributed by atoms with Gasteiger partial charge in [-0.2, -0.15) is 0 Å². The fraction of sp³-hybridized carbons (Fsp3) is 0.611. The number of benzene rings is 1. The van der Waals surface area contributed by atoms with E-state index in [4.69, 9.17) is 28.7 Å². The van der Waals surface area contributed by atoms with E-state index < -0.39 is 0 Å². The summed E-state index contributed by atoms with van der Waals surface area (Å²) in [5.41, 5.74) is 9.77. The smallest absolute Gasteiger partial charge is 0.227 e. The van der Waals surface area contributed by atoms with E-state index in [1.807, 2.05) is 11.0 Å². The van der Waals surface area contributed by atoms with Crippen molar-refractivity contribution in [2.75, 3.05) is 26.2 Å². The Balaban J connectivity index is 1.75. The minimum absolute atomic E-state index is 0.0467. The van der Waals surface area contributed by atoms with E-state index in [2.05, 4.69) is 14.9 Å². The van der Waals surface area contributed by atoms with Crippen LogP contribution in [0.4, 0.5) is 0 Å². The van der Waals surface area contributed by atoms with Gasteiger partial charge < -0.3 is 9.80 Å². The Morgan fingerprint density at radius 1 is 1.19 bits per heavy atom. The van der Waals surface area contributed by atoms with Gasteiger partial charge in [-0.25, -0.2) is 0 Å². The largest absolute Gasteiger partial charge is 0.338 e. The molecule has 8 heteroatoms. The molecule has 3 rings (SSSR count). The Hall–Kier alpha value is -1.46. The Labute approximate surface area is 163 Å². The van der Waals surface area contributed by atoms with Gasteiger partial charge in [0.05, 0.1) is 28.5 Å². The van der Waals surface area contributed by atoms with Gasteiger partial charge in [0, 0.05) is 18.0 Å². The highest BCUT2D eigenvalue weighted by Gasteiger charge is 2.35. The van der Waals surface area contributed by atoms with Crippen molar-refractivity contribution in [2.24, 2.45) is 5.11 Å². The molecular formula is C18H23Cl2N5O. The summed E-state index contributed by atoms with van der Waals surface area (Å²) in [5.74, 6) is 0.0467. The molecule has 2 aliphatic rings. The number of likely N-dealkylation sites (tertiary alicyclic amines) is 2. The zero-order valence-electron chi connectivity index (χ0n) is 14.7. The van der Waals surface area contributed by atoms with Gasteiger partial charge in [-0.15, -0.1) is 0 Å². The summed E-state index contributed by atoms with van der Waals surface area (Å²) < 4.78 is 0. The molecule has 2 heterocycles. The number of amides is 1. The van der Waals surface area contributed by atoms with E-state index in [1.54, 1.807) is 12.1 Å². The van der Waals surface area contributed by atoms with E-state index in [0.29, 0.717) is 16.6 Å². The minimum Gasteiger partial charge on any atom is -0.338 e. The molecule has 0 spiro atoms. The van der Waals surface area contributed by atoms with Crippen molar-refractivity contribution in [2.45, 2.75) is 44.2 Å². The summed E-state index contributed by atoms with van der Waals surface area (Å²) in [5, 5.41) is 4.93. The van der Waals surface area contributed by atoms with Crippen LogP contribution in [0.1, 0.15) is 31.2 Å². The Bertz CT molecular complexity index is 701. The first-order valence-corrected chi connectivity index (χ1v) is 9.84. The second-order valence-electron chi connectivity index (χ2n) is 7.00. The summed E-state index contributed by atoms with van der Waals surface area (Å²) in [7, 11) is 0. The maximum atomic E-state index is 13.0. The van der Waals surface area contributed by atoms with Crippen LogP contribution in [-0.4, -0.2) is 54.0 Å². The van der Waals surface area contributed by atoms with Crippen LogP contribution in [0.3, 0.4) is 0 Å². The maximum Gasteiger partial charge on any atom is 0.227 e. The highest BCUT2D eigenvalue weighted by atomic mass is 35.5. The number of hydrogen-bond acceptors (Lipinski definition) is 3. The number of carbonyl (C=O) groups is 1. The van der Waals surface area contributed by atoms with Crippen LogP contribution in [-0.2, 0) is 11.2 Å². The molecule has 0 radical (unpaired) electrons. The first kappa shape index (κ1) is 19.3. The highest BCUT2D eigenvalue weighted by Crippen LogP contribution is 2.26. The predicted molar refractivity (Wildman–Crippen MR) is 104 cm³/mol. The number of rotatable bonds is 5. The third-order valence-corrected chi connectivity index (χ3v) is 5.99. The monoisotopic (exact) mass is 395 g/mol. The van der Waals surface area contributed by atoms with Crippen LogP contribution < -0.4 is 0 Å². The van der Waals surface area contributed by atoms with Gasteiger partial charge in [0.2, 0.25) is 5.91 Å². The van der Waals surface area contributed by atoms with E-state index in [0.717, 1.165) is 38.0 Å². The molecule has 1 aromatic rings. The number of hydrogen-bond donors (Lipinski definition) is 0. The fourth-order valence-electron chi connectivity index (χ4n) is 3.92. The van der Waals surface area contributed by atoms with Crippen LogP contribution in [0.2, 0.25) is 10.0 Å². The first-order valence-electron chi connectivity index (χ1n) is 9.08. The van der Waals surface area contributed by atoms with Crippen LogP contribution in [0.15, 0.2) is 23.3 Å². The van der Waals surface area contributed by atoms with E-state index >= 15 is 0 Å². The van der Waals surface area contributed by atoms with Crippen molar-refractivity contribution >= 4 is 29.1 Å². The second-order valence-corrected chi connectivity index (χ2v) is 7.82. The number of nitrogens with zero attached hydrogens (tertiary/aromatic N) is 5. The van der Waals surface area contributed by atoms with Crippen molar-refractivity contribution < 1.29 is 4.79 Å². The molecule has 0 aromatic heterocycles. The molecule has 6 nitrogen and oxygen atoms in total. The molecule has 2 saturated heterocycles. The van der Waals surface area contributed by atoms with Crippen LogP contribution >= 0.6 is 23.2 Å². The second kappa shape index (κ2) is 8.96. The lowest BCUT2D eigenvalue weighted by Gasteiger charge is -2.41. The van der Waals surface area contributed by atoms with Crippen LogP contribution in [0.5, 0.6) is 0 Å². The quantitative estimate of drug-likeness (QED) is 0.423. The SMILES string of the molecule is [N-]=[N+]=NC1CCCN(C(=O)Cc2ccc(Cl)c(Cl)c2)C1CN1CCCC1. The molecule has 2 unspecified atom stereocenters. The molecule has 0 N–H and O–H groups in total. The van der Waals surface area contributed by atoms with Gasteiger partial charge in [0.1, 0.15) is 0 Å². The van der Waals surface area contributed by atoms with Gasteiger partial charge in [-0.05, 0) is 62.0 Å². The fourth-order valence-corrected chi connectivity index (χ4v) is 4.24. The molecule has 2 aliphatic heterocycles. The number of halogens is 2. The molecule has 0 aliphatic carbocycles. The Morgan fingerprint density at radius 2 is 1.96 bits per heavy atom. The molecule has 26 heavy (non-hydrogen) atoms. The molecular weight excluding hydrogens is 373 g/mol. The van der Waals surface area contributed by atoms with Gasteiger partial charge in [0.15, 0.2) is 0 Å². The van der Waals surface area contributed by atoms with Gasteiger partial charge in [-0.1, -0.05) is 34.4 Å². The van der Waals surface area contributed by atoms with Gasteiger partial charge in [0.25, 0.3) is 0 Å². The van der Waals surface area contributed by atoms with E-state index in [-0.39, 0.29) is 24.4 Å². The molecule has 2 atom stereocenters. The van der Waals surface area contributed by atoms with Gasteiger partial charge in [-0.3, -0.25) is 4.79 Å².